The molecule has 2 heterocycles. The van der Waals surface area contributed by atoms with Gasteiger partial charge in [0.25, 0.3) is 0 Å². The number of aryl methyl sites for hydroxylation is 1. The van der Waals surface area contributed by atoms with Crippen molar-refractivity contribution in [1.29, 1.82) is 0 Å². The van der Waals surface area contributed by atoms with E-state index in [-0.39, 0.29) is 24.8 Å². The molecule has 0 aromatic carbocycles. The molecular weight excluding hydrogens is 286 g/mol. The van der Waals surface area contributed by atoms with Crippen LogP contribution in [0, 0.1) is 12.8 Å². The van der Waals surface area contributed by atoms with Crippen LogP contribution in [0.4, 0.5) is 8.78 Å². The molecule has 1 saturated heterocycles. The molecule has 1 aromatic rings. The summed E-state index contributed by atoms with van der Waals surface area (Å²) in [7, 11) is 0. The highest BCUT2D eigenvalue weighted by atomic mass is 19.3. The first-order valence-corrected chi connectivity index (χ1v) is 8.08. The number of carbonyl (C=O) groups is 1. The van der Waals surface area contributed by atoms with Crippen molar-refractivity contribution in [3.8, 4) is 0 Å². The molecule has 2 fully saturated rings. The number of aromatic nitrogens is 1. The summed E-state index contributed by atoms with van der Waals surface area (Å²) in [6.45, 7) is 2.58. The first kappa shape index (κ1) is 15.4. The Bertz CT molecular complexity index is 561. The second kappa shape index (κ2) is 5.94. The summed E-state index contributed by atoms with van der Waals surface area (Å²) in [6.07, 6.45) is 2.42. The SMILES string of the molecule is Cc1cccc([C@H]2CCCN2C(=O)[C@@H]2CCCC(F)(F)C2)n1. The molecule has 120 valence electrons. The zero-order valence-electron chi connectivity index (χ0n) is 12.9. The maximum atomic E-state index is 13.6. The maximum absolute atomic E-state index is 13.6. The maximum Gasteiger partial charge on any atom is 0.248 e. The fourth-order valence-corrected chi connectivity index (χ4v) is 3.70. The summed E-state index contributed by atoms with van der Waals surface area (Å²) in [4.78, 5) is 19.0. The van der Waals surface area contributed by atoms with Crippen molar-refractivity contribution < 1.29 is 13.6 Å². The molecule has 0 bridgehead atoms. The third-order valence-electron chi connectivity index (χ3n) is 4.78. The van der Waals surface area contributed by atoms with Crippen LogP contribution in [-0.4, -0.2) is 28.3 Å². The average molecular weight is 308 g/mol. The van der Waals surface area contributed by atoms with Gasteiger partial charge in [-0.1, -0.05) is 6.07 Å². The Hall–Kier alpha value is -1.52. The smallest absolute Gasteiger partial charge is 0.248 e. The number of hydrogen-bond donors (Lipinski definition) is 0. The average Bonchev–Trinajstić information content (AvgIpc) is 2.94. The van der Waals surface area contributed by atoms with Gasteiger partial charge in [-0.2, -0.15) is 0 Å². The predicted molar refractivity (Wildman–Crippen MR) is 79.6 cm³/mol. The number of pyridine rings is 1. The Kier molecular flexibility index (Phi) is 4.15. The zero-order valence-corrected chi connectivity index (χ0v) is 12.9. The van der Waals surface area contributed by atoms with Crippen LogP contribution < -0.4 is 0 Å². The first-order chi connectivity index (χ1) is 10.5. The molecule has 0 spiro atoms. The van der Waals surface area contributed by atoms with E-state index in [1.807, 2.05) is 25.1 Å². The molecule has 1 aliphatic carbocycles. The number of rotatable bonds is 2. The van der Waals surface area contributed by atoms with Crippen LogP contribution in [0.1, 0.15) is 56.0 Å². The number of alkyl halides is 2. The number of hydrogen-bond acceptors (Lipinski definition) is 2. The molecule has 1 aliphatic heterocycles. The quantitative estimate of drug-likeness (QED) is 0.830. The van der Waals surface area contributed by atoms with Crippen LogP contribution in [-0.2, 0) is 4.79 Å². The summed E-state index contributed by atoms with van der Waals surface area (Å²) < 4.78 is 27.2. The molecule has 1 aromatic heterocycles. The van der Waals surface area contributed by atoms with Crippen molar-refractivity contribution in [3.05, 3.63) is 29.6 Å². The van der Waals surface area contributed by atoms with E-state index < -0.39 is 11.8 Å². The van der Waals surface area contributed by atoms with Crippen LogP contribution in [0.3, 0.4) is 0 Å². The van der Waals surface area contributed by atoms with Crippen molar-refractivity contribution in [2.45, 2.75) is 57.4 Å². The van der Waals surface area contributed by atoms with Crippen LogP contribution in [0.5, 0.6) is 0 Å². The minimum absolute atomic E-state index is 0.0528. The van der Waals surface area contributed by atoms with Crippen molar-refractivity contribution in [3.63, 3.8) is 0 Å². The Morgan fingerprint density at radius 1 is 1.32 bits per heavy atom. The van der Waals surface area contributed by atoms with Crippen molar-refractivity contribution >= 4 is 5.91 Å². The van der Waals surface area contributed by atoms with Gasteiger partial charge >= 0.3 is 0 Å². The minimum Gasteiger partial charge on any atom is -0.334 e. The molecule has 2 aliphatic rings. The molecule has 0 unspecified atom stereocenters. The number of likely N-dealkylation sites (tertiary alicyclic amines) is 1. The standard InChI is InChI=1S/C17H22F2N2O/c1-12-5-2-7-14(20-12)15-8-4-10-21(15)16(22)13-6-3-9-17(18,19)11-13/h2,5,7,13,15H,3-4,6,8-11H2,1H3/t13-,15-/m1/s1. The van der Waals surface area contributed by atoms with Crippen molar-refractivity contribution in [2.24, 2.45) is 5.92 Å². The first-order valence-electron chi connectivity index (χ1n) is 8.08. The van der Waals surface area contributed by atoms with E-state index >= 15 is 0 Å². The van der Waals surface area contributed by atoms with E-state index in [4.69, 9.17) is 0 Å². The second-order valence-electron chi connectivity index (χ2n) is 6.54. The van der Waals surface area contributed by atoms with Gasteiger partial charge in [-0.05, 0) is 44.7 Å². The fourth-order valence-electron chi connectivity index (χ4n) is 3.70. The molecule has 0 N–H and O–H groups in total. The number of amides is 1. The Morgan fingerprint density at radius 2 is 2.14 bits per heavy atom. The van der Waals surface area contributed by atoms with Crippen LogP contribution in [0.25, 0.3) is 0 Å². The molecule has 1 amide bonds. The van der Waals surface area contributed by atoms with Crippen molar-refractivity contribution in [1.82, 2.24) is 9.88 Å². The molecule has 0 radical (unpaired) electrons. The van der Waals surface area contributed by atoms with Gasteiger partial charge in [0, 0.05) is 31.0 Å². The lowest BCUT2D eigenvalue weighted by molar-refractivity contribution is -0.143. The van der Waals surface area contributed by atoms with Crippen LogP contribution >= 0.6 is 0 Å². The Balaban J connectivity index is 1.76. The van der Waals surface area contributed by atoms with Gasteiger partial charge in [0.2, 0.25) is 11.8 Å². The van der Waals surface area contributed by atoms with E-state index in [9.17, 15) is 13.6 Å². The topological polar surface area (TPSA) is 33.2 Å². The largest absolute Gasteiger partial charge is 0.334 e. The van der Waals surface area contributed by atoms with Gasteiger partial charge < -0.3 is 4.90 Å². The molecule has 22 heavy (non-hydrogen) atoms. The van der Waals surface area contributed by atoms with Gasteiger partial charge in [-0.15, -0.1) is 0 Å². The van der Waals surface area contributed by atoms with E-state index in [1.165, 1.54) is 0 Å². The molecular formula is C17H22F2N2O. The van der Waals surface area contributed by atoms with Gasteiger partial charge in [0.05, 0.1) is 11.7 Å². The van der Waals surface area contributed by atoms with Crippen LogP contribution in [0.15, 0.2) is 18.2 Å². The third kappa shape index (κ3) is 3.13. The van der Waals surface area contributed by atoms with Gasteiger partial charge in [-0.3, -0.25) is 9.78 Å². The van der Waals surface area contributed by atoms with Gasteiger partial charge in [-0.25, -0.2) is 8.78 Å². The van der Waals surface area contributed by atoms with E-state index in [0.29, 0.717) is 19.4 Å². The van der Waals surface area contributed by atoms with Crippen LogP contribution in [0.2, 0.25) is 0 Å². The summed E-state index contributed by atoms with van der Waals surface area (Å²) in [5.41, 5.74) is 1.80. The lowest BCUT2D eigenvalue weighted by Crippen LogP contribution is -2.40. The van der Waals surface area contributed by atoms with E-state index in [0.717, 1.165) is 24.2 Å². The summed E-state index contributed by atoms with van der Waals surface area (Å²) in [6, 6.07) is 5.74. The normalized spacial score (nSPS) is 27.9. The van der Waals surface area contributed by atoms with Gasteiger partial charge in [0.15, 0.2) is 0 Å². The minimum atomic E-state index is -2.69. The molecule has 3 rings (SSSR count). The number of carbonyl (C=O) groups excluding carboxylic acids is 1. The fraction of sp³-hybridized carbons (Fsp3) is 0.647. The zero-order chi connectivity index (χ0) is 15.7. The summed E-state index contributed by atoms with van der Waals surface area (Å²) in [5, 5.41) is 0. The summed E-state index contributed by atoms with van der Waals surface area (Å²) in [5.74, 6) is -3.32. The molecule has 3 nitrogen and oxygen atoms in total. The highest BCUT2D eigenvalue weighted by molar-refractivity contribution is 5.79. The van der Waals surface area contributed by atoms with Gasteiger partial charge in [0.1, 0.15) is 0 Å². The second-order valence-corrected chi connectivity index (χ2v) is 6.54. The number of halogens is 2. The monoisotopic (exact) mass is 308 g/mol. The Labute approximate surface area is 129 Å². The van der Waals surface area contributed by atoms with E-state index in [1.54, 1.807) is 4.90 Å². The Morgan fingerprint density at radius 3 is 2.86 bits per heavy atom. The number of nitrogens with zero attached hydrogens (tertiary/aromatic N) is 2. The lowest BCUT2D eigenvalue weighted by atomic mass is 9.85. The highest BCUT2D eigenvalue weighted by Gasteiger charge is 2.42. The molecule has 1 saturated carbocycles. The highest BCUT2D eigenvalue weighted by Crippen LogP contribution is 2.40. The predicted octanol–water partition coefficient (Wildman–Crippen LogP) is 3.88. The molecule has 2 atom stereocenters. The molecule has 5 heteroatoms. The van der Waals surface area contributed by atoms with E-state index in [2.05, 4.69) is 4.98 Å². The third-order valence-corrected chi connectivity index (χ3v) is 4.78. The lowest BCUT2D eigenvalue weighted by Gasteiger charge is -2.33. The van der Waals surface area contributed by atoms with Crippen molar-refractivity contribution in [2.75, 3.05) is 6.54 Å². The summed E-state index contributed by atoms with van der Waals surface area (Å²) >= 11 is 0.